The van der Waals surface area contributed by atoms with Gasteiger partial charge in [0.15, 0.2) is 0 Å². The molecule has 1 amide bonds. The van der Waals surface area contributed by atoms with Crippen LogP contribution in [-0.2, 0) is 16.6 Å². The summed E-state index contributed by atoms with van der Waals surface area (Å²) >= 11 is 1.45. The third kappa shape index (κ3) is 3.48. The number of hydrogen-bond donors (Lipinski definition) is 2. The summed E-state index contributed by atoms with van der Waals surface area (Å²) in [6.07, 6.45) is 0. The number of rotatable bonds is 5. The van der Waals surface area contributed by atoms with E-state index in [0.717, 1.165) is 15.6 Å². The summed E-state index contributed by atoms with van der Waals surface area (Å²) in [5, 5.41) is 3.91. The first kappa shape index (κ1) is 16.6. The van der Waals surface area contributed by atoms with E-state index >= 15 is 0 Å². The Morgan fingerprint density at radius 2 is 1.79 bits per heavy atom. The zero-order valence-corrected chi connectivity index (χ0v) is 14.6. The van der Waals surface area contributed by atoms with Crippen molar-refractivity contribution in [1.82, 2.24) is 10.0 Å². The highest BCUT2D eigenvalue weighted by Gasteiger charge is 2.12. The lowest BCUT2D eigenvalue weighted by Crippen LogP contribution is -2.22. The van der Waals surface area contributed by atoms with Gasteiger partial charge in [-0.25, -0.2) is 13.1 Å². The molecular formula is C17H16N2O3S2. The first-order valence-electron chi connectivity index (χ1n) is 7.29. The fraction of sp³-hybridized carbons (Fsp3) is 0.118. The molecule has 1 aromatic heterocycles. The molecule has 0 unspecified atom stereocenters. The molecule has 0 spiro atoms. The van der Waals surface area contributed by atoms with Crippen molar-refractivity contribution in [3.63, 3.8) is 0 Å². The van der Waals surface area contributed by atoms with Crippen molar-refractivity contribution in [3.05, 3.63) is 65.0 Å². The summed E-state index contributed by atoms with van der Waals surface area (Å²) in [5.41, 5.74) is 0.833. The van der Waals surface area contributed by atoms with Gasteiger partial charge in [0.2, 0.25) is 10.0 Å². The van der Waals surface area contributed by atoms with Crippen LogP contribution in [0, 0.1) is 0 Å². The number of benzene rings is 2. The van der Waals surface area contributed by atoms with Gasteiger partial charge in [-0.05, 0) is 42.3 Å². The van der Waals surface area contributed by atoms with Crippen LogP contribution in [0.15, 0.2) is 59.5 Å². The molecule has 7 heteroatoms. The summed E-state index contributed by atoms with van der Waals surface area (Å²) in [5.74, 6) is -0.136. The smallest absolute Gasteiger partial charge is 0.261 e. The second-order valence-electron chi connectivity index (χ2n) is 5.18. The van der Waals surface area contributed by atoms with Crippen LogP contribution >= 0.6 is 11.3 Å². The molecule has 24 heavy (non-hydrogen) atoms. The number of thiophene rings is 1. The van der Waals surface area contributed by atoms with E-state index in [4.69, 9.17) is 0 Å². The number of hydrogen-bond acceptors (Lipinski definition) is 4. The molecule has 0 saturated heterocycles. The largest absolute Gasteiger partial charge is 0.347 e. The minimum Gasteiger partial charge on any atom is -0.347 e. The average molecular weight is 360 g/mol. The van der Waals surface area contributed by atoms with E-state index in [1.165, 1.54) is 30.5 Å². The first-order valence-corrected chi connectivity index (χ1v) is 9.59. The molecule has 0 saturated carbocycles. The van der Waals surface area contributed by atoms with Crippen LogP contribution in [0.25, 0.3) is 10.1 Å². The maximum absolute atomic E-state index is 12.3. The van der Waals surface area contributed by atoms with Gasteiger partial charge in [0.1, 0.15) is 0 Å². The van der Waals surface area contributed by atoms with Gasteiger partial charge in [0.05, 0.1) is 9.77 Å². The van der Waals surface area contributed by atoms with Crippen molar-refractivity contribution in [2.75, 3.05) is 7.05 Å². The van der Waals surface area contributed by atoms with Crippen LogP contribution < -0.4 is 10.0 Å². The summed E-state index contributed by atoms with van der Waals surface area (Å²) in [4.78, 5) is 13.1. The van der Waals surface area contributed by atoms with E-state index in [1.54, 1.807) is 12.1 Å². The Hall–Kier alpha value is -2.22. The van der Waals surface area contributed by atoms with E-state index in [9.17, 15) is 13.2 Å². The molecule has 2 N–H and O–H groups in total. The van der Waals surface area contributed by atoms with E-state index in [-0.39, 0.29) is 10.8 Å². The molecule has 5 nitrogen and oxygen atoms in total. The highest BCUT2D eigenvalue weighted by Crippen LogP contribution is 2.25. The lowest BCUT2D eigenvalue weighted by atomic mass is 10.2. The number of sulfonamides is 1. The van der Waals surface area contributed by atoms with Crippen LogP contribution in [0.1, 0.15) is 15.2 Å². The van der Waals surface area contributed by atoms with Gasteiger partial charge in [0, 0.05) is 11.2 Å². The Morgan fingerprint density at radius 3 is 2.46 bits per heavy atom. The minimum absolute atomic E-state index is 0.136. The zero-order chi connectivity index (χ0) is 17.2. The predicted molar refractivity (Wildman–Crippen MR) is 95.7 cm³/mol. The summed E-state index contributed by atoms with van der Waals surface area (Å²) < 4.78 is 26.7. The molecule has 124 valence electrons. The van der Waals surface area contributed by atoms with Crippen molar-refractivity contribution in [3.8, 4) is 0 Å². The van der Waals surface area contributed by atoms with Crippen LogP contribution in [0.5, 0.6) is 0 Å². The van der Waals surface area contributed by atoms with Crippen molar-refractivity contribution >= 4 is 37.4 Å². The quantitative estimate of drug-likeness (QED) is 0.735. The Bertz CT molecular complexity index is 943. The second kappa shape index (κ2) is 6.72. The molecule has 2 aromatic carbocycles. The van der Waals surface area contributed by atoms with Gasteiger partial charge in [-0.1, -0.05) is 30.3 Å². The third-order valence-corrected chi connectivity index (χ3v) is 6.15. The number of fused-ring (bicyclic) bond motifs is 1. The highest BCUT2D eigenvalue weighted by molar-refractivity contribution is 7.89. The molecule has 0 aliphatic rings. The summed E-state index contributed by atoms with van der Waals surface area (Å²) in [6, 6.07) is 16.1. The fourth-order valence-electron chi connectivity index (χ4n) is 2.27. The minimum atomic E-state index is -3.44. The number of carbonyl (C=O) groups excluding carboxylic acids is 1. The van der Waals surface area contributed by atoms with Crippen LogP contribution in [0.4, 0.5) is 0 Å². The lowest BCUT2D eigenvalue weighted by Gasteiger charge is -2.06. The highest BCUT2D eigenvalue weighted by atomic mass is 32.2. The molecular weight excluding hydrogens is 344 g/mol. The van der Waals surface area contributed by atoms with Crippen LogP contribution in [-0.4, -0.2) is 21.4 Å². The van der Waals surface area contributed by atoms with E-state index in [0.29, 0.717) is 11.4 Å². The van der Waals surface area contributed by atoms with Crippen molar-refractivity contribution in [1.29, 1.82) is 0 Å². The van der Waals surface area contributed by atoms with Gasteiger partial charge in [-0.15, -0.1) is 11.3 Å². The van der Waals surface area contributed by atoms with E-state index in [1.807, 2.05) is 30.3 Å². The van der Waals surface area contributed by atoms with Crippen molar-refractivity contribution in [2.45, 2.75) is 11.4 Å². The van der Waals surface area contributed by atoms with E-state index in [2.05, 4.69) is 10.0 Å². The number of amides is 1. The van der Waals surface area contributed by atoms with Crippen LogP contribution in [0.3, 0.4) is 0 Å². The molecule has 0 bridgehead atoms. The molecule has 3 aromatic rings. The molecule has 3 rings (SSSR count). The molecule has 0 atom stereocenters. The predicted octanol–water partition coefficient (Wildman–Crippen LogP) is 2.74. The van der Waals surface area contributed by atoms with E-state index < -0.39 is 10.0 Å². The SMILES string of the molecule is CNS(=O)(=O)c1ccc(CNC(=O)c2cc3ccccc3s2)cc1. The molecule has 0 radical (unpaired) electrons. The van der Waals surface area contributed by atoms with Gasteiger partial charge in [0.25, 0.3) is 5.91 Å². The van der Waals surface area contributed by atoms with Crippen LogP contribution in [0.2, 0.25) is 0 Å². The summed E-state index contributed by atoms with van der Waals surface area (Å²) in [7, 11) is -2.07. The van der Waals surface area contributed by atoms with Gasteiger partial charge >= 0.3 is 0 Å². The molecule has 1 heterocycles. The number of nitrogens with one attached hydrogen (secondary N) is 2. The first-order chi connectivity index (χ1) is 11.5. The topological polar surface area (TPSA) is 75.3 Å². The monoisotopic (exact) mass is 360 g/mol. The maximum Gasteiger partial charge on any atom is 0.261 e. The third-order valence-electron chi connectivity index (χ3n) is 3.60. The Balaban J connectivity index is 1.68. The fourth-order valence-corrected chi connectivity index (χ4v) is 3.98. The normalized spacial score (nSPS) is 11.5. The molecule has 0 fully saturated rings. The Kier molecular flexibility index (Phi) is 4.66. The van der Waals surface area contributed by atoms with Gasteiger partial charge < -0.3 is 5.32 Å². The standard InChI is InChI=1S/C17H16N2O3S2/c1-18-24(21,22)14-8-6-12(7-9-14)11-19-17(20)16-10-13-4-2-3-5-15(13)23-16/h2-10,18H,11H2,1H3,(H,19,20). The molecule has 0 aliphatic carbocycles. The Morgan fingerprint density at radius 1 is 1.08 bits per heavy atom. The van der Waals surface area contributed by atoms with Gasteiger partial charge in [-0.2, -0.15) is 0 Å². The summed E-state index contributed by atoms with van der Waals surface area (Å²) in [6.45, 7) is 0.340. The second-order valence-corrected chi connectivity index (χ2v) is 8.15. The maximum atomic E-state index is 12.3. The Labute approximate surface area is 144 Å². The van der Waals surface area contributed by atoms with Crippen molar-refractivity contribution < 1.29 is 13.2 Å². The average Bonchev–Trinajstić information content (AvgIpc) is 3.04. The molecule has 0 aliphatic heterocycles. The van der Waals surface area contributed by atoms with Gasteiger partial charge in [-0.3, -0.25) is 4.79 Å². The number of carbonyl (C=O) groups is 1. The van der Waals surface area contributed by atoms with Crippen molar-refractivity contribution in [2.24, 2.45) is 0 Å². The zero-order valence-electron chi connectivity index (χ0n) is 12.9. The lowest BCUT2D eigenvalue weighted by molar-refractivity contribution is 0.0955.